The molecule has 0 spiro atoms. The molecular formula is C20H32N3OS+. The van der Waals surface area contributed by atoms with Gasteiger partial charge in [-0.25, -0.2) is 0 Å². The Labute approximate surface area is 157 Å². The maximum atomic E-state index is 5.63. The van der Waals surface area contributed by atoms with Gasteiger partial charge in [-0.3, -0.25) is 0 Å². The zero-order valence-electron chi connectivity index (χ0n) is 15.3. The Bertz CT molecular complexity index is 527. The molecule has 1 saturated carbocycles. The lowest BCUT2D eigenvalue weighted by Crippen LogP contribution is -3.15. The van der Waals surface area contributed by atoms with Crippen LogP contribution in [0.4, 0.5) is 0 Å². The first-order chi connectivity index (χ1) is 12.2. The molecule has 138 valence electrons. The van der Waals surface area contributed by atoms with E-state index in [9.17, 15) is 0 Å². The molecule has 4 nitrogen and oxygen atoms in total. The first-order valence-electron chi connectivity index (χ1n) is 9.78. The van der Waals surface area contributed by atoms with Crippen molar-refractivity contribution < 1.29 is 9.64 Å². The van der Waals surface area contributed by atoms with Gasteiger partial charge in [0.2, 0.25) is 0 Å². The minimum Gasteiger partial charge on any atom is -0.370 e. The van der Waals surface area contributed by atoms with Gasteiger partial charge in [-0.2, -0.15) is 0 Å². The van der Waals surface area contributed by atoms with Crippen molar-refractivity contribution in [2.24, 2.45) is 0 Å². The second-order valence-corrected chi connectivity index (χ2v) is 7.81. The SMILES string of the molecule is C[C@H](NC(=S)NC1CCCCC1)[C@H](c1ccccc1)[NH+]1CCOCC1. The lowest BCUT2D eigenvalue weighted by atomic mass is 9.95. The number of thiocarbonyl (C=S) groups is 1. The highest BCUT2D eigenvalue weighted by Gasteiger charge is 2.31. The summed E-state index contributed by atoms with van der Waals surface area (Å²) in [4.78, 5) is 1.58. The quantitative estimate of drug-likeness (QED) is 0.699. The lowest BCUT2D eigenvalue weighted by molar-refractivity contribution is -0.940. The molecule has 2 fully saturated rings. The molecule has 0 amide bonds. The van der Waals surface area contributed by atoms with E-state index in [1.807, 2.05) is 0 Å². The van der Waals surface area contributed by atoms with Gasteiger partial charge in [-0.1, -0.05) is 49.6 Å². The van der Waals surface area contributed by atoms with Crippen LogP contribution in [0.15, 0.2) is 30.3 Å². The Kier molecular flexibility index (Phi) is 7.08. The summed E-state index contributed by atoms with van der Waals surface area (Å²) in [6.07, 6.45) is 6.49. The Morgan fingerprint density at radius 3 is 2.48 bits per heavy atom. The lowest BCUT2D eigenvalue weighted by Gasteiger charge is -2.36. The fraction of sp³-hybridized carbons (Fsp3) is 0.650. The van der Waals surface area contributed by atoms with E-state index in [4.69, 9.17) is 17.0 Å². The molecule has 25 heavy (non-hydrogen) atoms. The van der Waals surface area contributed by atoms with Crippen LogP contribution in [0.3, 0.4) is 0 Å². The number of rotatable bonds is 5. The minimum absolute atomic E-state index is 0.277. The molecule has 1 aliphatic carbocycles. The number of benzene rings is 1. The standard InChI is InChI=1S/C20H31N3OS/c1-16(21-20(25)22-18-10-6-3-7-11-18)19(17-8-4-2-5-9-17)23-12-14-24-15-13-23/h2,4-5,8-9,16,18-19H,3,6-7,10-15H2,1H3,(H2,21,22,25)/p+1/t16-,19+/m0/s1. The predicted octanol–water partition coefficient (Wildman–Crippen LogP) is 1.83. The van der Waals surface area contributed by atoms with Crippen molar-refractivity contribution in [3.63, 3.8) is 0 Å². The first-order valence-corrected chi connectivity index (χ1v) is 10.2. The van der Waals surface area contributed by atoms with Crippen molar-refractivity contribution in [2.45, 2.75) is 57.2 Å². The second kappa shape index (κ2) is 9.51. The summed E-state index contributed by atoms with van der Waals surface area (Å²) in [5, 5.41) is 7.94. The van der Waals surface area contributed by atoms with Gasteiger partial charge in [0.15, 0.2) is 5.11 Å². The summed E-state index contributed by atoms with van der Waals surface area (Å²) in [6, 6.07) is 12.0. The molecule has 1 aliphatic heterocycles. The summed E-state index contributed by atoms with van der Waals surface area (Å²) in [5.74, 6) is 0. The van der Waals surface area contributed by atoms with Gasteiger partial charge >= 0.3 is 0 Å². The number of hydrogen-bond donors (Lipinski definition) is 3. The summed E-state index contributed by atoms with van der Waals surface area (Å²) in [7, 11) is 0. The highest BCUT2D eigenvalue weighted by molar-refractivity contribution is 7.80. The first kappa shape index (κ1) is 18.6. The van der Waals surface area contributed by atoms with Crippen LogP contribution in [-0.2, 0) is 4.74 Å². The van der Waals surface area contributed by atoms with Gasteiger partial charge in [0.25, 0.3) is 0 Å². The number of ether oxygens (including phenoxy) is 1. The predicted molar refractivity (Wildman–Crippen MR) is 106 cm³/mol. The van der Waals surface area contributed by atoms with E-state index in [0.29, 0.717) is 12.1 Å². The monoisotopic (exact) mass is 362 g/mol. The molecule has 1 aromatic carbocycles. The molecule has 3 rings (SSSR count). The van der Waals surface area contributed by atoms with Crippen LogP contribution in [0, 0.1) is 0 Å². The number of nitrogens with one attached hydrogen (secondary N) is 3. The van der Waals surface area contributed by atoms with E-state index in [0.717, 1.165) is 31.4 Å². The van der Waals surface area contributed by atoms with E-state index in [2.05, 4.69) is 47.9 Å². The van der Waals surface area contributed by atoms with Crippen LogP contribution < -0.4 is 15.5 Å². The molecule has 5 heteroatoms. The van der Waals surface area contributed by atoms with Gasteiger partial charge in [-0.15, -0.1) is 0 Å². The maximum Gasteiger partial charge on any atom is 0.166 e. The fourth-order valence-corrected chi connectivity index (χ4v) is 4.60. The molecule has 0 bridgehead atoms. The van der Waals surface area contributed by atoms with E-state index in [1.54, 1.807) is 4.90 Å². The van der Waals surface area contributed by atoms with Crippen molar-refractivity contribution in [1.82, 2.24) is 10.6 Å². The van der Waals surface area contributed by atoms with Crippen LogP contribution in [-0.4, -0.2) is 43.5 Å². The maximum absolute atomic E-state index is 5.63. The molecule has 0 radical (unpaired) electrons. The Morgan fingerprint density at radius 2 is 1.80 bits per heavy atom. The van der Waals surface area contributed by atoms with Crippen molar-refractivity contribution in [2.75, 3.05) is 26.3 Å². The molecule has 3 N–H and O–H groups in total. The molecular weight excluding hydrogens is 330 g/mol. The van der Waals surface area contributed by atoms with E-state index < -0.39 is 0 Å². The zero-order chi connectivity index (χ0) is 17.5. The minimum atomic E-state index is 0.277. The van der Waals surface area contributed by atoms with Gasteiger partial charge in [0.1, 0.15) is 19.1 Å². The Balaban J connectivity index is 1.63. The van der Waals surface area contributed by atoms with Crippen molar-refractivity contribution in [3.05, 3.63) is 35.9 Å². The third kappa shape index (κ3) is 5.40. The number of morpholine rings is 1. The summed E-state index contributed by atoms with van der Waals surface area (Å²) in [6.45, 7) is 6.05. The largest absolute Gasteiger partial charge is 0.370 e. The topological polar surface area (TPSA) is 37.7 Å². The molecule has 2 aliphatic rings. The number of hydrogen-bond acceptors (Lipinski definition) is 2. The van der Waals surface area contributed by atoms with Crippen LogP contribution >= 0.6 is 12.2 Å². The molecule has 1 saturated heterocycles. The summed E-state index contributed by atoms with van der Waals surface area (Å²) >= 11 is 5.63. The summed E-state index contributed by atoms with van der Waals surface area (Å²) in [5.41, 5.74) is 1.37. The highest BCUT2D eigenvalue weighted by Crippen LogP contribution is 2.18. The number of quaternary nitrogens is 1. The third-order valence-corrected chi connectivity index (χ3v) is 5.77. The van der Waals surface area contributed by atoms with Gasteiger partial charge in [0, 0.05) is 11.6 Å². The molecule has 0 unspecified atom stereocenters. The van der Waals surface area contributed by atoms with Crippen LogP contribution in [0.5, 0.6) is 0 Å². The summed E-state index contributed by atoms with van der Waals surface area (Å²) < 4.78 is 5.57. The molecule has 0 aromatic heterocycles. The normalized spacial score (nSPS) is 22.1. The Hall–Kier alpha value is -1.17. The van der Waals surface area contributed by atoms with E-state index in [1.165, 1.54) is 37.7 Å². The van der Waals surface area contributed by atoms with Gasteiger partial charge in [-0.05, 0) is 32.0 Å². The average molecular weight is 363 g/mol. The van der Waals surface area contributed by atoms with Crippen LogP contribution in [0.2, 0.25) is 0 Å². The van der Waals surface area contributed by atoms with Crippen LogP contribution in [0.1, 0.15) is 50.6 Å². The van der Waals surface area contributed by atoms with Gasteiger partial charge < -0.3 is 20.3 Å². The zero-order valence-corrected chi connectivity index (χ0v) is 16.1. The third-order valence-electron chi connectivity index (χ3n) is 5.53. The fourth-order valence-electron chi connectivity index (χ4n) is 4.25. The van der Waals surface area contributed by atoms with Crippen molar-refractivity contribution in [1.29, 1.82) is 0 Å². The van der Waals surface area contributed by atoms with E-state index in [-0.39, 0.29) is 6.04 Å². The van der Waals surface area contributed by atoms with Crippen molar-refractivity contribution >= 4 is 17.3 Å². The van der Waals surface area contributed by atoms with Crippen LogP contribution in [0.25, 0.3) is 0 Å². The molecule has 1 aromatic rings. The molecule has 1 heterocycles. The Morgan fingerprint density at radius 1 is 1.12 bits per heavy atom. The highest BCUT2D eigenvalue weighted by atomic mass is 32.1. The van der Waals surface area contributed by atoms with Crippen molar-refractivity contribution in [3.8, 4) is 0 Å². The molecule has 2 atom stereocenters. The average Bonchev–Trinajstić information content (AvgIpc) is 2.64. The van der Waals surface area contributed by atoms with Gasteiger partial charge in [0.05, 0.1) is 19.3 Å². The second-order valence-electron chi connectivity index (χ2n) is 7.40. The van der Waals surface area contributed by atoms with E-state index >= 15 is 0 Å². The smallest absolute Gasteiger partial charge is 0.166 e.